The predicted octanol–water partition coefficient (Wildman–Crippen LogP) is -2.05. The summed E-state index contributed by atoms with van der Waals surface area (Å²) in [6.07, 6.45) is -4.22. The molecule has 1 aromatic rings. The van der Waals surface area contributed by atoms with Gasteiger partial charge in [0.25, 0.3) is 0 Å². The van der Waals surface area contributed by atoms with Gasteiger partial charge in [0.05, 0.1) is 11.5 Å². The lowest BCUT2D eigenvalue weighted by atomic mass is 10.1. The van der Waals surface area contributed by atoms with E-state index in [1.165, 1.54) is 0 Å². The number of ether oxygens (including phenoxy) is 1. The molecule has 1 aromatic heterocycles. The number of aliphatic hydroxyl groups is 3. The molecule has 10 nitrogen and oxygen atoms in total. The van der Waals surface area contributed by atoms with Gasteiger partial charge in [-0.1, -0.05) is 0 Å². The monoisotopic (exact) mass is 287 g/mol. The van der Waals surface area contributed by atoms with Crippen molar-refractivity contribution in [1.29, 1.82) is 0 Å². The summed E-state index contributed by atoms with van der Waals surface area (Å²) in [5.74, 6) is 0. The summed E-state index contributed by atoms with van der Waals surface area (Å²) in [7, 11) is 0. The van der Waals surface area contributed by atoms with Gasteiger partial charge in [0.2, 0.25) is 0 Å². The van der Waals surface area contributed by atoms with Crippen LogP contribution in [-0.4, -0.2) is 49.7 Å². The first kappa shape index (κ1) is 14.4. The topological polar surface area (TPSA) is 161 Å². The Labute approximate surface area is 111 Å². The Morgan fingerprint density at radius 3 is 2.60 bits per heavy atom. The number of anilines is 1. The van der Waals surface area contributed by atoms with E-state index in [9.17, 15) is 25.1 Å². The highest BCUT2D eigenvalue weighted by atomic mass is 16.6. The Balaban J connectivity index is 2.47. The first-order chi connectivity index (χ1) is 9.38. The lowest BCUT2D eigenvalue weighted by Crippen LogP contribution is -2.35. The highest BCUT2D eigenvalue weighted by molar-refractivity contribution is 5.55. The molecule has 0 bridgehead atoms. The lowest BCUT2D eigenvalue weighted by molar-refractivity contribution is -0.385. The molecule has 20 heavy (non-hydrogen) atoms. The Hall–Kier alpha value is -2.01. The summed E-state index contributed by atoms with van der Waals surface area (Å²) in [6.45, 7) is -0.569. The van der Waals surface area contributed by atoms with Crippen molar-refractivity contribution in [2.24, 2.45) is 0 Å². The van der Waals surface area contributed by atoms with E-state index in [4.69, 9.17) is 15.6 Å². The molecule has 0 aromatic carbocycles. The Morgan fingerprint density at radius 1 is 1.45 bits per heavy atom. The molecule has 0 radical (unpaired) electrons. The minimum absolute atomic E-state index is 0.317. The van der Waals surface area contributed by atoms with Crippen LogP contribution in [0.2, 0.25) is 0 Å². The van der Waals surface area contributed by atoms with E-state index in [0.717, 1.165) is 16.8 Å². The number of aliphatic hydroxyl groups excluding tert-OH is 3. The molecule has 2 heterocycles. The molecule has 10 heteroatoms. The fourth-order valence-electron chi connectivity index (χ4n) is 2.05. The second-order valence-electron chi connectivity index (χ2n) is 4.32. The van der Waals surface area contributed by atoms with Crippen molar-refractivity contribution in [3.8, 4) is 0 Å². The summed E-state index contributed by atoms with van der Waals surface area (Å²) < 4.78 is 5.89. The first-order valence-electron chi connectivity index (χ1n) is 5.66. The number of nitro groups is 1. The highest BCUT2D eigenvalue weighted by Gasteiger charge is 2.44. The molecule has 2 rings (SSSR count). The Kier molecular flexibility index (Phi) is 3.72. The molecule has 0 spiro atoms. The van der Waals surface area contributed by atoms with Gasteiger partial charge < -0.3 is 25.8 Å². The largest absolute Gasteiger partial charge is 0.394 e. The fourth-order valence-corrected chi connectivity index (χ4v) is 2.05. The zero-order valence-electron chi connectivity index (χ0n) is 10.1. The van der Waals surface area contributed by atoms with Crippen LogP contribution in [0.25, 0.3) is 0 Å². The zero-order valence-corrected chi connectivity index (χ0v) is 10.1. The van der Waals surface area contributed by atoms with Crippen LogP contribution in [0.3, 0.4) is 0 Å². The van der Waals surface area contributed by atoms with Crippen molar-refractivity contribution in [1.82, 2.24) is 4.57 Å². The van der Waals surface area contributed by atoms with Crippen molar-refractivity contribution in [2.75, 3.05) is 12.3 Å². The minimum Gasteiger partial charge on any atom is -0.394 e. The average Bonchev–Trinajstić information content (AvgIpc) is 2.66. The predicted molar refractivity (Wildman–Crippen MR) is 64.8 cm³/mol. The van der Waals surface area contributed by atoms with Gasteiger partial charge >= 0.3 is 11.2 Å². The minimum atomic E-state index is -1.51. The molecule has 1 saturated heterocycles. The zero-order chi connectivity index (χ0) is 15.0. The SMILES string of the molecule is Nc1ccn(C2O[C@H](CO)[C@@H](O)[C@H]2O)c(=O)c1[N+](=O)[O-]. The molecule has 1 aliphatic rings. The third kappa shape index (κ3) is 2.14. The Bertz CT molecular complexity index is 587. The quantitative estimate of drug-likeness (QED) is 0.365. The van der Waals surface area contributed by atoms with Crippen molar-refractivity contribution in [3.63, 3.8) is 0 Å². The number of nitrogen functional groups attached to an aromatic ring is 1. The molecule has 0 saturated carbocycles. The van der Waals surface area contributed by atoms with E-state index in [1.807, 2.05) is 0 Å². The lowest BCUT2D eigenvalue weighted by Gasteiger charge is -2.17. The maximum absolute atomic E-state index is 12.0. The van der Waals surface area contributed by atoms with Crippen LogP contribution in [0.5, 0.6) is 0 Å². The molecule has 1 aliphatic heterocycles. The summed E-state index contributed by atoms with van der Waals surface area (Å²) in [6, 6.07) is 1.12. The van der Waals surface area contributed by atoms with E-state index in [-0.39, 0.29) is 5.69 Å². The number of hydrogen-bond donors (Lipinski definition) is 4. The molecular weight excluding hydrogens is 274 g/mol. The molecule has 110 valence electrons. The van der Waals surface area contributed by atoms with Crippen LogP contribution in [0.1, 0.15) is 6.23 Å². The van der Waals surface area contributed by atoms with Gasteiger partial charge in [0.1, 0.15) is 24.0 Å². The van der Waals surface area contributed by atoms with Gasteiger partial charge in [-0.05, 0) is 6.07 Å². The molecule has 1 fully saturated rings. The number of aromatic nitrogens is 1. The van der Waals surface area contributed by atoms with Crippen LogP contribution >= 0.6 is 0 Å². The van der Waals surface area contributed by atoms with E-state index in [0.29, 0.717) is 0 Å². The second kappa shape index (κ2) is 5.17. The molecule has 4 atom stereocenters. The highest BCUT2D eigenvalue weighted by Crippen LogP contribution is 2.29. The summed E-state index contributed by atoms with van der Waals surface area (Å²) >= 11 is 0. The van der Waals surface area contributed by atoms with Crippen LogP contribution in [0.4, 0.5) is 11.4 Å². The van der Waals surface area contributed by atoms with Gasteiger partial charge in [-0.25, -0.2) is 0 Å². The van der Waals surface area contributed by atoms with Crippen molar-refractivity contribution >= 4 is 11.4 Å². The van der Waals surface area contributed by atoms with Crippen LogP contribution < -0.4 is 11.3 Å². The van der Waals surface area contributed by atoms with Crippen molar-refractivity contribution < 1.29 is 25.0 Å². The molecule has 5 N–H and O–H groups in total. The number of rotatable bonds is 3. The maximum atomic E-state index is 12.0. The first-order valence-corrected chi connectivity index (χ1v) is 5.66. The number of pyridine rings is 1. The fraction of sp³-hybridized carbons (Fsp3) is 0.500. The van der Waals surface area contributed by atoms with E-state index in [1.54, 1.807) is 0 Å². The number of nitrogens with zero attached hydrogens (tertiary/aromatic N) is 2. The van der Waals surface area contributed by atoms with E-state index >= 15 is 0 Å². The van der Waals surface area contributed by atoms with Crippen LogP contribution in [-0.2, 0) is 4.74 Å². The third-order valence-corrected chi connectivity index (χ3v) is 3.10. The standard InChI is InChI=1S/C10H13N3O7/c11-4-1-2-12(9(17)6(4)13(18)19)10-8(16)7(15)5(3-14)20-10/h1-2,5,7-8,10,14-16H,3,11H2/t5-,7-,8-,10?/m1/s1. The van der Waals surface area contributed by atoms with Crippen LogP contribution in [0, 0.1) is 10.1 Å². The van der Waals surface area contributed by atoms with Gasteiger partial charge in [-0.3, -0.25) is 19.5 Å². The smallest absolute Gasteiger partial charge is 0.356 e. The van der Waals surface area contributed by atoms with E-state index < -0.39 is 47.3 Å². The van der Waals surface area contributed by atoms with Gasteiger partial charge in [0.15, 0.2) is 6.23 Å². The Morgan fingerprint density at radius 2 is 2.10 bits per heavy atom. The van der Waals surface area contributed by atoms with Gasteiger partial charge in [-0.15, -0.1) is 0 Å². The van der Waals surface area contributed by atoms with Crippen LogP contribution in [0.15, 0.2) is 17.1 Å². The molecular formula is C10H13N3O7. The molecule has 1 unspecified atom stereocenters. The molecule has 0 amide bonds. The summed E-state index contributed by atoms with van der Waals surface area (Å²) in [5, 5.41) is 39.2. The van der Waals surface area contributed by atoms with Gasteiger partial charge in [-0.2, -0.15) is 0 Å². The summed E-state index contributed by atoms with van der Waals surface area (Å²) in [5.41, 5.74) is 3.13. The van der Waals surface area contributed by atoms with E-state index in [2.05, 4.69) is 0 Å². The molecule has 0 aliphatic carbocycles. The van der Waals surface area contributed by atoms with Crippen molar-refractivity contribution in [2.45, 2.75) is 24.5 Å². The average molecular weight is 287 g/mol. The second-order valence-corrected chi connectivity index (χ2v) is 4.32. The number of hydrogen-bond acceptors (Lipinski definition) is 8. The third-order valence-electron chi connectivity index (χ3n) is 3.10. The van der Waals surface area contributed by atoms with Gasteiger partial charge in [0, 0.05) is 6.20 Å². The summed E-state index contributed by atoms with van der Waals surface area (Å²) in [4.78, 5) is 21.8. The number of nitrogens with two attached hydrogens (primary N) is 1. The maximum Gasteiger partial charge on any atom is 0.356 e. The normalized spacial score (nSPS) is 29.6. The van der Waals surface area contributed by atoms with Crippen molar-refractivity contribution in [3.05, 3.63) is 32.7 Å².